The van der Waals surface area contributed by atoms with Crippen molar-refractivity contribution in [1.29, 1.82) is 0 Å². The van der Waals surface area contributed by atoms with Crippen molar-refractivity contribution in [3.8, 4) is 0 Å². The van der Waals surface area contributed by atoms with Crippen molar-refractivity contribution in [3.05, 3.63) is 24.0 Å². The maximum atomic E-state index is 11.3. The monoisotopic (exact) mass is 204 g/mol. The second-order valence-corrected chi connectivity index (χ2v) is 4.20. The van der Waals surface area contributed by atoms with Crippen LogP contribution in [-0.4, -0.2) is 23.4 Å². The molecule has 3 nitrogen and oxygen atoms in total. The molecule has 1 aromatic heterocycles. The van der Waals surface area contributed by atoms with Gasteiger partial charge in [0.25, 0.3) is 0 Å². The molecule has 80 valence electrons. The van der Waals surface area contributed by atoms with Gasteiger partial charge in [0.1, 0.15) is 5.78 Å². The minimum atomic E-state index is 0.300. The third kappa shape index (κ3) is 2.01. The van der Waals surface area contributed by atoms with Gasteiger partial charge in [0.2, 0.25) is 0 Å². The van der Waals surface area contributed by atoms with Crippen LogP contribution in [0.25, 0.3) is 0 Å². The van der Waals surface area contributed by atoms with E-state index in [9.17, 15) is 4.79 Å². The lowest BCUT2D eigenvalue weighted by Crippen LogP contribution is -2.41. The molecule has 0 saturated carbocycles. The van der Waals surface area contributed by atoms with E-state index in [1.807, 2.05) is 12.3 Å². The fourth-order valence-corrected chi connectivity index (χ4v) is 2.12. The Hall–Kier alpha value is -1.38. The lowest BCUT2D eigenvalue weighted by atomic mass is 10.0. The average Bonchev–Trinajstić information content (AvgIpc) is 2.20. The summed E-state index contributed by atoms with van der Waals surface area (Å²) in [7, 11) is 0. The van der Waals surface area contributed by atoms with Crippen LogP contribution in [0.15, 0.2) is 18.5 Å². The minimum Gasteiger partial charge on any atom is -0.366 e. The van der Waals surface area contributed by atoms with Crippen molar-refractivity contribution >= 4 is 11.5 Å². The van der Waals surface area contributed by atoms with Gasteiger partial charge in [0.15, 0.2) is 0 Å². The number of pyridine rings is 1. The van der Waals surface area contributed by atoms with Crippen LogP contribution in [0.5, 0.6) is 0 Å². The van der Waals surface area contributed by atoms with Crippen molar-refractivity contribution in [1.82, 2.24) is 4.98 Å². The molecule has 0 bridgehead atoms. The van der Waals surface area contributed by atoms with Crippen molar-refractivity contribution in [2.45, 2.75) is 32.7 Å². The fourth-order valence-electron chi connectivity index (χ4n) is 2.12. The first kappa shape index (κ1) is 10.1. The van der Waals surface area contributed by atoms with Crippen LogP contribution < -0.4 is 4.90 Å². The number of aryl methyl sites for hydroxylation is 1. The molecule has 15 heavy (non-hydrogen) atoms. The zero-order valence-electron chi connectivity index (χ0n) is 9.23. The molecule has 1 unspecified atom stereocenters. The largest absolute Gasteiger partial charge is 0.366 e. The molecule has 0 spiro atoms. The van der Waals surface area contributed by atoms with E-state index in [4.69, 9.17) is 0 Å². The molecule has 1 aromatic rings. The standard InChI is InChI=1S/C12H16N2O/c1-9-3-5-13-8-12(9)14-6-4-11(15)7-10(14)2/h3,5,8,10H,4,6-7H2,1-2H3. The summed E-state index contributed by atoms with van der Waals surface area (Å²) in [5, 5.41) is 0. The van der Waals surface area contributed by atoms with Gasteiger partial charge in [-0.3, -0.25) is 9.78 Å². The summed E-state index contributed by atoms with van der Waals surface area (Å²) in [5.41, 5.74) is 2.39. The van der Waals surface area contributed by atoms with E-state index in [0.717, 1.165) is 12.2 Å². The number of rotatable bonds is 1. The normalized spacial score (nSPS) is 21.9. The molecule has 1 aliphatic heterocycles. The lowest BCUT2D eigenvalue weighted by Gasteiger charge is -2.35. The number of hydrogen-bond acceptors (Lipinski definition) is 3. The summed E-state index contributed by atoms with van der Waals surface area (Å²) in [4.78, 5) is 17.7. The summed E-state index contributed by atoms with van der Waals surface area (Å²) < 4.78 is 0. The SMILES string of the molecule is Cc1ccncc1N1CCC(=O)CC1C. The maximum Gasteiger partial charge on any atom is 0.136 e. The molecule has 1 saturated heterocycles. The second kappa shape index (κ2) is 4.01. The summed E-state index contributed by atoms with van der Waals surface area (Å²) in [6.45, 7) is 5.01. The van der Waals surface area contributed by atoms with E-state index >= 15 is 0 Å². The highest BCUT2D eigenvalue weighted by molar-refractivity contribution is 5.81. The topological polar surface area (TPSA) is 33.2 Å². The predicted molar refractivity (Wildman–Crippen MR) is 60.0 cm³/mol. The van der Waals surface area contributed by atoms with Crippen LogP contribution in [0.4, 0.5) is 5.69 Å². The van der Waals surface area contributed by atoms with Gasteiger partial charge in [-0.25, -0.2) is 0 Å². The van der Waals surface area contributed by atoms with Crippen LogP contribution in [0.1, 0.15) is 25.3 Å². The molecule has 0 aliphatic carbocycles. The van der Waals surface area contributed by atoms with Gasteiger partial charge >= 0.3 is 0 Å². The molecular formula is C12H16N2O. The molecule has 0 amide bonds. The molecule has 1 aliphatic rings. The molecule has 2 heterocycles. The van der Waals surface area contributed by atoms with Crippen molar-refractivity contribution in [2.75, 3.05) is 11.4 Å². The number of piperidine rings is 1. The van der Waals surface area contributed by atoms with E-state index < -0.39 is 0 Å². The number of nitrogens with zero attached hydrogens (tertiary/aromatic N) is 2. The molecule has 0 radical (unpaired) electrons. The number of hydrogen-bond donors (Lipinski definition) is 0. The Bertz CT molecular complexity index is 376. The van der Waals surface area contributed by atoms with Crippen molar-refractivity contribution in [2.24, 2.45) is 0 Å². The van der Waals surface area contributed by atoms with Crippen molar-refractivity contribution < 1.29 is 4.79 Å². The summed E-state index contributed by atoms with van der Waals surface area (Å²) in [5.74, 6) is 0.375. The molecular weight excluding hydrogens is 188 g/mol. The van der Waals surface area contributed by atoms with Gasteiger partial charge in [-0.05, 0) is 25.5 Å². The average molecular weight is 204 g/mol. The van der Waals surface area contributed by atoms with Crippen LogP contribution in [0, 0.1) is 6.92 Å². The zero-order valence-corrected chi connectivity index (χ0v) is 9.23. The zero-order chi connectivity index (χ0) is 10.8. The van der Waals surface area contributed by atoms with Gasteiger partial charge in [-0.15, -0.1) is 0 Å². The Balaban J connectivity index is 2.24. The van der Waals surface area contributed by atoms with E-state index in [-0.39, 0.29) is 0 Å². The summed E-state index contributed by atoms with van der Waals surface area (Å²) in [6, 6.07) is 2.31. The Morgan fingerprint density at radius 3 is 3.00 bits per heavy atom. The van der Waals surface area contributed by atoms with Crippen LogP contribution in [-0.2, 0) is 4.79 Å². The number of anilines is 1. The van der Waals surface area contributed by atoms with Crippen molar-refractivity contribution in [3.63, 3.8) is 0 Å². The molecule has 0 aromatic carbocycles. The Morgan fingerprint density at radius 2 is 2.33 bits per heavy atom. The second-order valence-electron chi connectivity index (χ2n) is 4.20. The highest BCUT2D eigenvalue weighted by atomic mass is 16.1. The number of carbonyl (C=O) groups is 1. The quantitative estimate of drug-likeness (QED) is 0.701. The maximum absolute atomic E-state index is 11.3. The predicted octanol–water partition coefficient (Wildman–Crippen LogP) is 1.95. The minimum absolute atomic E-state index is 0.300. The number of Topliss-reactive ketones (excluding diaryl/α,β-unsaturated/α-hetero) is 1. The molecule has 1 atom stereocenters. The highest BCUT2D eigenvalue weighted by Gasteiger charge is 2.24. The van der Waals surface area contributed by atoms with E-state index in [1.54, 1.807) is 6.20 Å². The highest BCUT2D eigenvalue weighted by Crippen LogP contribution is 2.25. The molecule has 0 N–H and O–H groups in total. The Morgan fingerprint density at radius 1 is 1.53 bits per heavy atom. The molecule has 2 rings (SSSR count). The molecule has 1 fully saturated rings. The van der Waals surface area contributed by atoms with Crippen LogP contribution in [0.2, 0.25) is 0 Å². The van der Waals surface area contributed by atoms with Gasteiger partial charge in [-0.2, -0.15) is 0 Å². The van der Waals surface area contributed by atoms with E-state index in [2.05, 4.69) is 23.7 Å². The number of ketones is 1. The third-order valence-electron chi connectivity index (χ3n) is 3.01. The van der Waals surface area contributed by atoms with E-state index in [1.165, 1.54) is 5.56 Å². The first-order valence-corrected chi connectivity index (χ1v) is 5.37. The smallest absolute Gasteiger partial charge is 0.136 e. The van der Waals surface area contributed by atoms with Gasteiger partial charge in [0, 0.05) is 31.6 Å². The van der Waals surface area contributed by atoms with Gasteiger partial charge in [-0.1, -0.05) is 0 Å². The van der Waals surface area contributed by atoms with Crippen LogP contribution in [0.3, 0.4) is 0 Å². The third-order valence-corrected chi connectivity index (χ3v) is 3.01. The summed E-state index contributed by atoms with van der Waals surface area (Å²) >= 11 is 0. The fraction of sp³-hybridized carbons (Fsp3) is 0.500. The lowest BCUT2D eigenvalue weighted by molar-refractivity contribution is -0.120. The summed E-state index contributed by atoms with van der Waals surface area (Å²) in [6.07, 6.45) is 5.02. The molecule has 3 heteroatoms. The van der Waals surface area contributed by atoms with Gasteiger partial charge in [0.05, 0.1) is 11.9 Å². The van der Waals surface area contributed by atoms with E-state index in [0.29, 0.717) is 24.7 Å². The number of carbonyl (C=O) groups excluding carboxylic acids is 1. The van der Waals surface area contributed by atoms with Gasteiger partial charge < -0.3 is 4.90 Å². The Kier molecular flexibility index (Phi) is 2.71. The number of aromatic nitrogens is 1. The van der Waals surface area contributed by atoms with Crippen LogP contribution >= 0.6 is 0 Å². The Labute approximate surface area is 90.1 Å². The first-order chi connectivity index (χ1) is 7.18. The first-order valence-electron chi connectivity index (χ1n) is 5.37.